The van der Waals surface area contributed by atoms with Crippen LogP contribution in [0.5, 0.6) is 0 Å². The molecule has 0 aliphatic carbocycles. The molecule has 0 saturated heterocycles. The van der Waals surface area contributed by atoms with Gasteiger partial charge in [-0.1, -0.05) is 52.0 Å². The number of hydrogen-bond acceptors (Lipinski definition) is 4. The summed E-state index contributed by atoms with van der Waals surface area (Å²) in [5.41, 5.74) is 3.07. The van der Waals surface area contributed by atoms with Crippen LogP contribution in [0.2, 0.25) is 0 Å². The van der Waals surface area contributed by atoms with Crippen molar-refractivity contribution in [1.82, 2.24) is 15.0 Å². The zero-order valence-corrected chi connectivity index (χ0v) is 15.3. The molecule has 0 aliphatic rings. The highest BCUT2D eigenvalue weighted by Crippen LogP contribution is 2.21. The van der Waals surface area contributed by atoms with Gasteiger partial charge in [0, 0.05) is 24.0 Å². The summed E-state index contributed by atoms with van der Waals surface area (Å²) >= 11 is 0. The summed E-state index contributed by atoms with van der Waals surface area (Å²) in [6.07, 6.45) is 10.5. The van der Waals surface area contributed by atoms with Gasteiger partial charge in [-0.3, -0.25) is 4.98 Å². The zero-order valence-electron chi connectivity index (χ0n) is 15.3. The molecule has 0 saturated carbocycles. The molecule has 2 aromatic rings. The Labute approximate surface area is 146 Å². The minimum atomic E-state index is 0.704. The van der Waals surface area contributed by atoms with Crippen LogP contribution in [0.1, 0.15) is 63.6 Å². The van der Waals surface area contributed by atoms with E-state index >= 15 is 0 Å². The van der Waals surface area contributed by atoms with Crippen molar-refractivity contribution in [2.24, 2.45) is 0 Å². The molecule has 0 unspecified atom stereocenters. The number of aromatic nitrogens is 3. The first-order chi connectivity index (χ1) is 11.8. The molecule has 4 heteroatoms. The lowest BCUT2D eigenvalue weighted by atomic mass is 10.1. The number of anilines is 1. The van der Waals surface area contributed by atoms with Crippen LogP contribution in [0.25, 0.3) is 11.5 Å². The van der Waals surface area contributed by atoms with Gasteiger partial charge in [0.2, 0.25) is 0 Å². The van der Waals surface area contributed by atoms with E-state index in [2.05, 4.69) is 36.1 Å². The Morgan fingerprint density at radius 2 is 1.75 bits per heavy atom. The molecule has 2 rings (SSSR count). The first-order valence-corrected chi connectivity index (χ1v) is 9.29. The molecule has 0 aliphatic heterocycles. The van der Waals surface area contributed by atoms with Crippen molar-refractivity contribution in [3.63, 3.8) is 0 Å². The van der Waals surface area contributed by atoms with Crippen molar-refractivity contribution in [1.29, 1.82) is 0 Å². The number of nitrogens with one attached hydrogen (secondary N) is 1. The first-order valence-electron chi connectivity index (χ1n) is 9.29. The molecule has 1 N–H and O–H groups in total. The summed E-state index contributed by atoms with van der Waals surface area (Å²) in [7, 11) is 0. The molecule has 130 valence electrons. The summed E-state index contributed by atoms with van der Waals surface area (Å²) in [5, 5.41) is 3.53. The fourth-order valence-electron chi connectivity index (χ4n) is 2.89. The maximum Gasteiger partial charge on any atom is 0.180 e. The second kappa shape index (κ2) is 10.0. The smallest absolute Gasteiger partial charge is 0.180 e. The molecule has 0 spiro atoms. The van der Waals surface area contributed by atoms with Crippen LogP contribution in [-0.4, -0.2) is 21.5 Å². The van der Waals surface area contributed by atoms with Crippen molar-refractivity contribution < 1.29 is 0 Å². The molecule has 4 nitrogen and oxygen atoms in total. The van der Waals surface area contributed by atoms with Crippen LogP contribution in [-0.2, 0) is 6.42 Å². The van der Waals surface area contributed by atoms with Crippen LogP contribution in [0, 0.1) is 6.92 Å². The van der Waals surface area contributed by atoms with E-state index in [0.717, 1.165) is 30.2 Å². The van der Waals surface area contributed by atoms with Gasteiger partial charge in [0.05, 0.1) is 0 Å². The molecule has 0 atom stereocenters. The van der Waals surface area contributed by atoms with Crippen LogP contribution < -0.4 is 5.32 Å². The van der Waals surface area contributed by atoms with Crippen LogP contribution >= 0.6 is 0 Å². The van der Waals surface area contributed by atoms with Gasteiger partial charge in [-0.15, -0.1) is 0 Å². The Kier molecular flexibility index (Phi) is 7.66. The van der Waals surface area contributed by atoms with Crippen molar-refractivity contribution in [2.45, 2.75) is 65.7 Å². The predicted molar refractivity (Wildman–Crippen MR) is 101 cm³/mol. The maximum absolute atomic E-state index is 4.74. The predicted octanol–water partition coefficient (Wildman–Crippen LogP) is 5.18. The molecule has 0 amide bonds. The van der Waals surface area contributed by atoms with Gasteiger partial charge < -0.3 is 5.32 Å². The van der Waals surface area contributed by atoms with E-state index in [9.17, 15) is 0 Å². The molecule has 24 heavy (non-hydrogen) atoms. The second-order valence-corrected chi connectivity index (χ2v) is 6.22. The third-order valence-corrected chi connectivity index (χ3v) is 4.28. The van der Waals surface area contributed by atoms with Gasteiger partial charge in [0.25, 0.3) is 0 Å². The van der Waals surface area contributed by atoms with E-state index < -0.39 is 0 Å². The quantitative estimate of drug-likeness (QED) is 0.611. The topological polar surface area (TPSA) is 50.7 Å². The summed E-state index contributed by atoms with van der Waals surface area (Å²) in [6.45, 7) is 7.44. The van der Waals surface area contributed by atoms with E-state index in [1.165, 1.54) is 44.1 Å². The molecule has 0 fully saturated rings. The number of pyridine rings is 1. The van der Waals surface area contributed by atoms with Gasteiger partial charge in [0.15, 0.2) is 5.82 Å². The molecule has 0 radical (unpaired) electrons. The largest absolute Gasteiger partial charge is 0.370 e. The lowest BCUT2D eigenvalue weighted by molar-refractivity contribution is 0.616. The number of hydrogen-bond donors (Lipinski definition) is 1. The van der Waals surface area contributed by atoms with Gasteiger partial charge in [-0.25, -0.2) is 9.97 Å². The third-order valence-electron chi connectivity index (χ3n) is 4.28. The lowest BCUT2D eigenvalue weighted by Crippen LogP contribution is -2.10. The summed E-state index contributed by atoms with van der Waals surface area (Å²) in [5.74, 6) is 1.68. The summed E-state index contributed by atoms with van der Waals surface area (Å²) in [6, 6.07) is 5.84. The first kappa shape index (κ1) is 18.4. The number of rotatable bonds is 10. The Morgan fingerprint density at radius 1 is 0.958 bits per heavy atom. The molecule has 2 aromatic heterocycles. The average molecular weight is 326 g/mol. The molecule has 0 aromatic carbocycles. The molecule has 2 heterocycles. The fourth-order valence-corrected chi connectivity index (χ4v) is 2.89. The van der Waals surface area contributed by atoms with Gasteiger partial charge in [-0.2, -0.15) is 0 Å². The second-order valence-electron chi connectivity index (χ2n) is 6.22. The monoisotopic (exact) mass is 326 g/mol. The highest BCUT2D eigenvalue weighted by atomic mass is 15.0. The summed E-state index contributed by atoms with van der Waals surface area (Å²) < 4.78 is 0. The van der Waals surface area contributed by atoms with Crippen LogP contribution in [0.3, 0.4) is 0 Å². The van der Waals surface area contributed by atoms with Crippen LogP contribution in [0.4, 0.5) is 5.82 Å². The highest BCUT2D eigenvalue weighted by molar-refractivity contribution is 5.56. The van der Waals surface area contributed by atoms with E-state index in [1.807, 2.05) is 18.2 Å². The number of nitrogens with zero attached hydrogens (tertiary/aromatic N) is 3. The molecular formula is C20H30N4. The van der Waals surface area contributed by atoms with Gasteiger partial charge in [0.1, 0.15) is 11.5 Å². The van der Waals surface area contributed by atoms with Crippen molar-refractivity contribution in [2.75, 3.05) is 11.9 Å². The minimum absolute atomic E-state index is 0.704. The Morgan fingerprint density at radius 3 is 2.46 bits per heavy atom. The van der Waals surface area contributed by atoms with Gasteiger partial charge in [-0.05, 0) is 31.9 Å². The third kappa shape index (κ3) is 5.29. The standard InChI is InChI=1S/C20H30N4/c1-4-6-7-8-9-11-15-22-19-17(5-2)16(3)23-20(24-19)18-13-10-12-14-21-18/h10,12-14H,4-9,11,15H2,1-3H3,(H,22,23,24). The molecule has 0 bridgehead atoms. The average Bonchev–Trinajstić information content (AvgIpc) is 2.61. The van der Waals surface area contributed by atoms with E-state index in [4.69, 9.17) is 4.98 Å². The summed E-state index contributed by atoms with van der Waals surface area (Å²) in [4.78, 5) is 13.7. The Hall–Kier alpha value is -1.97. The number of aryl methyl sites for hydroxylation is 1. The number of unbranched alkanes of at least 4 members (excludes halogenated alkanes) is 5. The minimum Gasteiger partial charge on any atom is -0.370 e. The maximum atomic E-state index is 4.74. The molecular weight excluding hydrogens is 296 g/mol. The normalized spacial score (nSPS) is 10.8. The zero-order chi connectivity index (χ0) is 17.2. The van der Waals surface area contributed by atoms with E-state index in [1.54, 1.807) is 6.20 Å². The van der Waals surface area contributed by atoms with Crippen molar-refractivity contribution >= 4 is 5.82 Å². The van der Waals surface area contributed by atoms with Crippen molar-refractivity contribution in [3.8, 4) is 11.5 Å². The van der Waals surface area contributed by atoms with Gasteiger partial charge >= 0.3 is 0 Å². The van der Waals surface area contributed by atoms with Crippen LogP contribution in [0.15, 0.2) is 24.4 Å². The van der Waals surface area contributed by atoms with E-state index in [0.29, 0.717) is 5.82 Å². The SMILES string of the molecule is CCCCCCCCNc1nc(-c2ccccn2)nc(C)c1CC. The Balaban J connectivity index is 2.01. The fraction of sp³-hybridized carbons (Fsp3) is 0.550. The highest BCUT2D eigenvalue weighted by Gasteiger charge is 2.11. The lowest BCUT2D eigenvalue weighted by Gasteiger charge is -2.13. The van der Waals surface area contributed by atoms with E-state index in [-0.39, 0.29) is 0 Å². The van der Waals surface area contributed by atoms with Crippen molar-refractivity contribution in [3.05, 3.63) is 35.7 Å². The Bertz CT molecular complexity index is 611.